The fraction of sp³-hybridized carbons (Fsp3) is 0.500. The van der Waals surface area contributed by atoms with Gasteiger partial charge in [-0.2, -0.15) is 0 Å². The topological polar surface area (TPSA) is 58.4 Å². The number of hydrogen-bond donors (Lipinski definition) is 1. The van der Waals surface area contributed by atoms with Crippen LogP contribution in [0.3, 0.4) is 0 Å². The molecule has 2 rings (SSSR count). The van der Waals surface area contributed by atoms with Crippen LogP contribution in [-0.4, -0.2) is 29.2 Å². The van der Waals surface area contributed by atoms with E-state index < -0.39 is 0 Å². The summed E-state index contributed by atoms with van der Waals surface area (Å²) < 4.78 is 4.86. The van der Waals surface area contributed by atoms with Crippen LogP contribution in [0.25, 0.3) is 0 Å². The van der Waals surface area contributed by atoms with Gasteiger partial charge in [-0.1, -0.05) is 5.16 Å². The smallest absolute Gasteiger partial charge is 0.306 e. The molecule has 1 N–H and O–H groups in total. The Hall–Kier alpha value is -1.36. The second-order valence-electron chi connectivity index (χ2n) is 3.05. The Kier molecular flexibility index (Phi) is 2.02. The van der Waals surface area contributed by atoms with E-state index >= 15 is 0 Å². The van der Waals surface area contributed by atoms with E-state index in [2.05, 4.69) is 10.6 Å². The highest BCUT2D eigenvalue weighted by Gasteiger charge is 2.22. The zero-order valence-electron chi connectivity index (χ0n) is 7.41. The Balaban J connectivity index is 2.12. The first-order chi connectivity index (χ1) is 6.27. The standard InChI is InChI=1S/C8H11N3O2/c1-6-5-7(13-10-6)8(12)11-4-2-3-9-11/h5,9H,2-4H2,1H3. The van der Waals surface area contributed by atoms with Crippen molar-refractivity contribution in [2.24, 2.45) is 0 Å². The second-order valence-corrected chi connectivity index (χ2v) is 3.05. The van der Waals surface area contributed by atoms with Crippen molar-refractivity contribution in [2.75, 3.05) is 13.1 Å². The van der Waals surface area contributed by atoms with Crippen LogP contribution in [0.15, 0.2) is 10.6 Å². The number of aryl methyl sites for hydroxylation is 1. The maximum Gasteiger partial charge on any atom is 0.306 e. The molecule has 0 radical (unpaired) electrons. The molecule has 13 heavy (non-hydrogen) atoms. The first-order valence-electron chi connectivity index (χ1n) is 4.26. The molecule has 1 fully saturated rings. The molecule has 70 valence electrons. The number of nitrogens with one attached hydrogen (secondary N) is 1. The van der Waals surface area contributed by atoms with Crippen LogP contribution in [0.4, 0.5) is 0 Å². The van der Waals surface area contributed by atoms with E-state index in [9.17, 15) is 4.79 Å². The second kappa shape index (κ2) is 3.18. The Morgan fingerprint density at radius 1 is 1.77 bits per heavy atom. The minimum Gasteiger partial charge on any atom is -0.351 e. The van der Waals surface area contributed by atoms with Gasteiger partial charge in [0.1, 0.15) is 0 Å². The van der Waals surface area contributed by atoms with E-state index in [0.717, 1.165) is 25.2 Å². The summed E-state index contributed by atoms with van der Waals surface area (Å²) in [7, 11) is 0. The molecule has 0 unspecified atom stereocenters. The van der Waals surface area contributed by atoms with Crippen molar-refractivity contribution in [3.63, 3.8) is 0 Å². The minimum absolute atomic E-state index is 0.141. The lowest BCUT2D eigenvalue weighted by molar-refractivity contribution is 0.0683. The number of hydrogen-bond acceptors (Lipinski definition) is 4. The zero-order valence-corrected chi connectivity index (χ0v) is 7.41. The molecule has 1 saturated heterocycles. The highest BCUT2D eigenvalue weighted by molar-refractivity contribution is 5.91. The Morgan fingerprint density at radius 2 is 2.62 bits per heavy atom. The molecule has 0 atom stereocenters. The summed E-state index contributed by atoms with van der Waals surface area (Å²) in [6.07, 6.45) is 0.985. The lowest BCUT2D eigenvalue weighted by Crippen LogP contribution is -2.36. The zero-order chi connectivity index (χ0) is 9.26. The maximum atomic E-state index is 11.6. The summed E-state index contributed by atoms with van der Waals surface area (Å²) in [5.74, 6) is 0.157. The quantitative estimate of drug-likeness (QED) is 0.678. The first kappa shape index (κ1) is 8.25. The number of hydrazine groups is 1. The molecule has 2 heterocycles. The fourth-order valence-corrected chi connectivity index (χ4v) is 1.30. The lowest BCUT2D eigenvalue weighted by Gasteiger charge is -2.12. The van der Waals surface area contributed by atoms with Gasteiger partial charge in [-0.25, -0.2) is 5.43 Å². The van der Waals surface area contributed by atoms with Gasteiger partial charge in [0, 0.05) is 19.2 Å². The monoisotopic (exact) mass is 181 g/mol. The normalized spacial score (nSPS) is 16.5. The molecular formula is C8H11N3O2. The van der Waals surface area contributed by atoms with Gasteiger partial charge in [-0.05, 0) is 13.3 Å². The number of carbonyl (C=O) groups excluding carboxylic acids is 1. The molecule has 0 saturated carbocycles. The SMILES string of the molecule is Cc1cc(C(=O)N2CCCN2)on1. The van der Waals surface area contributed by atoms with Crippen molar-refractivity contribution in [1.29, 1.82) is 0 Å². The van der Waals surface area contributed by atoms with Crippen LogP contribution in [0.5, 0.6) is 0 Å². The molecule has 0 aromatic carbocycles. The summed E-state index contributed by atoms with van der Waals surface area (Å²) in [4.78, 5) is 11.6. The minimum atomic E-state index is -0.141. The maximum absolute atomic E-state index is 11.6. The van der Waals surface area contributed by atoms with E-state index in [4.69, 9.17) is 4.52 Å². The van der Waals surface area contributed by atoms with Gasteiger partial charge in [-0.3, -0.25) is 9.80 Å². The van der Waals surface area contributed by atoms with E-state index in [1.54, 1.807) is 18.0 Å². The number of carbonyl (C=O) groups is 1. The van der Waals surface area contributed by atoms with Crippen LogP contribution in [0.1, 0.15) is 22.7 Å². The molecule has 0 bridgehead atoms. The molecule has 0 spiro atoms. The van der Waals surface area contributed by atoms with Crippen LogP contribution in [0.2, 0.25) is 0 Å². The highest BCUT2D eigenvalue weighted by atomic mass is 16.5. The molecule has 1 amide bonds. The van der Waals surface area contributed by atoms with Crippen LogP contribution in [-0.2, 0) is 0 Å². The summed E-state index contributed by atoms with van der Waals surface area (Å²) in [5.41, 5.74) is 3.68. The van der Waals surface area contributed by atoms with E-state index in [1.165, 1.54) is 0 Å². The summed E-state index contributed by atoms with van der Waals surface area (Å²) in [6, 6.07) is 1.64. The van der Waals surface area contributed by atoms with Gasteiger partial charge >= 0.3 is 5.91 Å². The van der Waals surface area contributed by atoms with E-state index in [-0.39, 0.29) is 5.91 Å². The largest absolute Gasteiger partial charge is 0.351 e. The Labute approximate surface area is 75.7 Å². The van der Waals surface area contributed by atoms with Crippen molar-refractivity contribution in [1.82, 2.24) is 15.6 Å². The van der Waals surface area contributed by atoms with E-state index in [0.29, 0.717) is 5.76 Å². The van der Waals surface area contributed by atoms with Gasteiger partial charge in [-0.15, -0.1) is 0 Å². The first-order valence-corrected chi connectivity index (χ1v) is 4.26. The van der Waals surface area contributed by atoms with Crippen molar-refractivity contribution < 1.29 is 9.32 Å². The number of aromatic nitrogens is 1. The Bertz CT molecular complexity index is 315. The van der Waals surface area contributed by atoms with Crippen molar-refractivity contribution in [3.8, 4) is 0 Å². The number of rotatable bonds is 1. The van der Waals surface area contributed by atoms with Crippen LogP contribution in [0, 0.1) is 6.92 Å². The Morgan fingerprint density at radius 3 is 3.15 bits per heavy atom. The lowest BCUT2D eigenvalue weighted by atomic mass is 10.3. The summed E-state index contributed by atoms with van der Waals surface area (Å²) in [5, 5.41) is 5.21. The highest BCUT2D eigenvalue weighted by Crippen LogP contribution is 2.07. The summed E-state index contributed by atoms with van der Waals surface area (Å²) in [6.45, 7) is 3.37. The molecular weight excluding hydrogens is 170 g/mol. The fourth-order valence-electron chi connectivity index (χ4n) is 1.30. The molecule has 1 aliphatic rings. The number of amides is 1. The molecule has 5 heteroatoms. The molecule has 0 aliphatic carbocycles. The predicted octanol–water partition coefficient (Wildman–Crippen LogP) is 0.334. The van der Waals surface area contributed by atoms with Gasteiger partial charge in [0.05, 0.1) is 5.69 Å². The average Bonchev–Trinajstić information content (AvgIpc) is 2.72. The third-order valence-corrected chi connectivity index (χ3v) is 1.95. The summed E-state index contributed by atoms with van der Waals surface area (Å²) >= 11 is 0. The van der Waals surface area contributed by atoms with Crippen LogP contribution >= 0.6 is 0 Å². The molecule has 5 nitrogen and oxygen atoms in total. The third kappa shape index (κ3) is 1.55. The van der Waals surface area contributed by atoms with Gasteiger partial charge in [0.15, 0.2) is 0 Å². The van der Waals surface area contributed by atoms with Crippen molar-refractivity contribution in [2.45, 2.75) is 13.3 Å². The van der Waals surface area contributed by atoms with E-state index in [1.807, 2.05) is 0 Å². The van der Waals surface area contributed by atoms with Gasteiger partial charge in [0.2, 0.25) is 5.76 Å². The predicted molar refractivity (Wildman–Crippen MR) is 44.9 cm³/mol. The molecule has 1 aromatic heterocycles. The van der Waals surface area contributed by atoms with Gasteiger partial charge in [0.25, 0.3) is 0 Å². The van der Waals surface area contributed by atoms with Crippen LogP contribution < -0.4 is 5.43 Å². The van der Waals surface area contributed by atoms with Crippen molar-refractivity contribution in [3.05, 3.63) is 17.5 Å². The molecule has 1 aromatic rings. The third-order valence-electron chi connectivity index (χ3n) is 1.95. The number of nitrogens with zero attached hydrogens (tertiary/aromatic N) is 2. The molecule has 1 aliphatic heterocycles. The van der Waals surface area contributed by atoms with Gasteiger partial charge < -0.3 is 4.52 Å². The van der Waals surface area contributed by atoms with Crippen molar-refractivity contribution >= 4 is 5.91 Å². The average molecular weight is 181 g/mol.